The minimum absolute atomic E-state index is 0.134. The topological polar surface area (TPSA) is 54.0 Å². The second kappa shape index (κ2) is 5.23. The molecule has 17 heavy (non-hydrogen) atoms. The van der Waals surface area contributed by atoms with Crippen LogP contribution in [0, 0.1) is 5.82 Å². The molecule has 0 aliphatic carbocycles. The number of pyridine rings is 1. The molecule has 0 bridgehead atoms. The van der Waals surface area contributed by atoms with Crippen molar-refractivity contribution in [2.75, 3.05) is 20.1 Å². The number of carbonyl (C=O) groups is 1. The number of aromatic nitrogens is 1. The first-order chi connectivity index (χ1) is 8.22. The molecule has 1 aromatic heterocycles. The summed E-state index contributed by atoms with van der Waals surface area (Å²) >= 11 is 0. The van der Waals surface area contributed by atoms with Gasteiger partial charge in [0.25, 0.3) is 5.91 Å². The number of rotatable bonds is 2. The van der Waals surface area contributed by atoms with E-state index in [9.17, 15) is 9.18 Å². The Balaban J connectivity index is 2.20. The van der Waals surface area contributed by atoms with Crippen LogP contribution in [0.4, 0.5) is 4.39 Å². The summed E-state index contributed by atoms with van der Waals surface area (Å²) in [4.78, 5) is 15.2. The number of hydrogen-bond donors (Lipinski definition) is 2. The van der Waals surface area contributed by atoms with E-state index >= 15 is 0 Å². The Kier molecular flexibility index (Phi) is 3.68. The Morgan fingerprint density at radius 2 is 2.24 bits per heavy atom. The minimum Gasteiger partial charge on any atom is -0.354 e. The zero-order chi connectivity index (χ0) is 12.3. The van der Waals surface area contributed by atoms with Gasteiger partial charge in [-0.15, -0.1) is 0 Å². The lowest BCUT2D eigenvalue weighted by Gasteiger charge is -2.22. The number of hydrogen-bond acceptors (Lipinski definition) is 3. The molecule has 0 unspecified atom stereocenters. The molecular weight excluding hydrogens is 221 g/mol. The summed E-state index contributed by atoms with van der Waals surface area (Å²) < 4.78 is 13.7. The molecule has 1 fully saturated rings. The van der Waals surface area contributed by atoms with Crippen molar-refractivity contribution in [3.63, 3.8) is 0 Å². The van der Waals surface area contributed by atoms with Gasteiger partial charge in [-0.1, -0.05) is 0 Å². The number of halogens is 1. The maximum absolute atomic E-state index is 13.7. The lowest BCUT2D eigenvalue weighted by atomic mass is 9.91. The first kappa shape index (κ1) is 12.0. The average molecular weight is 237 g/mol. The van der Waals surface area contributed by atoms with Crippen LogP contribution in [-0.4, -0.2) is 31.0 Å². The van der Waals surface area contributed by atoms with Gasteiger partial charge in [0.2, 0.25) is 0 Å². The van der Waals surface area contributed by atoms with E-state index in [1.165, 1.54) is 13.1 Å². The van der Waals surface area contributed by atoms with Gasteiger partial charge in [-0.3, -0.25) is 4.79 Å². The van der Waals surface area contributed by atoms with Crippen molar-refractivity contribution in [2.45, 2.75) is 18.8 Å². The molecule has 5 heteroatoms. The number of carbonyl (C=O) groups excluding carboxylic acids is 1. The zero-order valence-electron chi connectivity index (χ0n) is 9.79. The standard InChI is InChI=1S/C12H16FN3O/c1-14-12(17)11-10(13)6-9(7-16-11)8-2-4-15-5-3-8/h6-8,15H,2-5H2,1H3,(H,14,17). The van der Waals surface area contributed by atoms with Crippen LogP contribution >= 0.6 is 0 Å². The van der Waals surface area contributed by atoms with Gasteiger partial charge in [-0.2, -0.15) is 0 Å². The van der Waals surface area contributed by atoms with Crippen molar-refractivity contribution in [2.24, 2.45) is 0 Å². The molecule has 1 amide bonds. The first-order valence-corrected chi connectivity index (χ1v) is 5.80. The number of nitrogens with zero attached hydrogens (tertiary/aromatic N) is 1. The van der Waals surface area contributed by atoms with Crippen LogP contribution in [0.1, 0.15) is 34.8 Å². The predicted octanol–water partition coefficient (Wildman–Crippen LogP) is 1.05. The second-order valence-electron chi connectivity index (χ2n) is 4.20. The molecule has 1 aromatic rings. The van der Waals surface area contributed by atoms with Gasteiger partial charge in [0.05, 0.1) is 0 Å². The second-order valence-corrected chi connectivity index (χ2v) is 4.20. The van der Waals surface area contributed by atoms with Crippen LogP contribution < -0.4 is 10.6 Å². The van der Waals surface area contributed by atoms with E-state index in [2.05, 4.69) is 15.6 Å². The molecule has 0 spiro atoms. The maximum Gasteiger partial charge on any atom is 0.272 e. The summed E-state index contributed by atoms with van der Waals surface area (Å²) in [6.45, 7) is 1.90. The molecular formula is C12H16FN3O. The van der Waals surface area contributed by atoms with Gasteiger partial charge in [-0.25, -0.2) is 9.37 Å². The number of amides is 1. The van der Waals surface area contributed by atoms with Crippen LogP contribution in [0.2, 0.25) is 0 Å². The highest BCUT2D eigenvalue weighted by Crippen LogP contribution is 2.25. The molecule has 2 rings (SSSR count). The zero-order valence-corrected chi connectivity index (χ0v) is 9.79. The van der Waals surface area contributed by atoms with Gasteiger partial charge in [0.1, 0.15) is 0 Å². The predicted molar refractivity (Wildman–Crippen MR) is 62.4 cm³/mol. The Morgan fingerprint density at radius 3 is 2.82 bits per heavy atom. The van der Waals surface area contributed by atoms with Crippen molar-refractivity contribution < 1.29 is 9.18 Å². The van der Waals surface area contributed by atoms with E-state index in [-0.39, 0.29) is 5.69 Å². The lowest BCUT2D eigenvalue weighted by molar-refractivity contribution is 0.0953. The summed E-state index contributed by atoms with van der Waals surface area (Å²) in [6, 6.07) is 1.44. The van der Waals surface area contributed by atoms with Crippen molar-refractivity contribution in [1.82, 2.24) is 15.6 Å². The van der Waals surface area contributed by atoms with Gasteiger partial charge in [-0.05, 0) is 43.5 Å². The Labute approximate surface area is 99.6 Å². The monoisotopic (exact) mass is 237 g/mol. The van der Waals surface area contributed by atoms with Crippen LogP contribution in [0.5, 0.6) is 0 Å². The Morgan fingerprint density at radius 1 is 1.53 bits per heavy atom. The quantitative estimate of drug-likeness (QED) is 0.808. The van der Waals surface area contributed by atoms with Gasteiger partial charge < -0.3 is 10.6 Å². The van der Waals surface area contributed by atoms with Crippen LogP contribution in [0.15, 0.2) is 12.3 Å². The first-order valence-electron chi connectivity index (χ1n) is 5.80. The highest BCUT2D eigenvalue weighted by atomic mass is 19.1. The van der Waals surface area contributed by atoms with E-state index in [4.69, 9.17) is 0 Å². The third kappa shape index (κ3) is 2.61. The van der Waals surface area contributed by atoms with Crippen LogP contribution in [-0.2, 0) is 0 Å². The Bertz CT molecular complexity index is 416. The highest BCUT2D eigenvalue weighted by Gasteiger charge is 2.19. The molecule has 0 atom stereocenters. The molecule has 0 saturated carbocycles. The van der Waals surface area contributed by atoms with Crippen LogP contribution in [0.25, 0.3) is 0 Å². The lowest BCUT2D eigenvalue weighted by Crippen LogP contribution is -2.27. The minimum atomic E-state index is -0.541. The summed E-state index contributed by atoms with van der Waals surface area (Å²) in [5.41, 5.74) is 0.752. The SMILES string of the molecule is CNC(=O)c1ncc(C2CCNCC2)cc1F. The fourth-order valence-electron chi connectivity index (χ4n) is 2.12. The van der Waals surface area contributed by atoms with E-state index in [1.807, 2.05) is 0 Å². The molecule has 1 saturated heterocycles. The fraction of sp³-hybridized carbons (Fsp3) is 0.500. The molecule has 92 valence electrons. The summed E-state index contributed by atoms with van der Waals surface area (Å²) in [7, 11) is 1.46. The number of piperidine rings is 1. The van der Waals surface area contributed by atoms with Crippen molar-refractivity contribution in [3.8, 4) is 0 Å². The molecule has 2 N–H and O–H groups in total. The molecule has 0 aromatic carbocycles. The third-order valence-corrected chi connectivity index (χ3v) is 3.12. The van der Waals surface area contributed by atoms with E-state index in [1.54, 1.807) is 6.20 Å². The van der Waals surface area contributed by atoms with Gasteiger partial charge >= 0.3 is 0 Å². The molecule has 0 radical (unpaired) electrons. The maximum atomic E-state index is 13.7. The normalized spacial score (nSPS) is 16.8. The third-order valence-electron chi connectivity index (χ3n) is 3.12. The van der Waals surface area contributed by atoms with Crippen molar-refractivity contribution in [3.05, 3.63) is 29.3 Å². The van der Waals surface area contributed by atoms with Crippen molar-refractivity contribution in [1.29, 1.82) is 0 Å². The summed E-state index contributed by atoms with van der Waals surface area (Å²) in [5, 5.41) is 5.63. The van der Waals surface area contributed by atoms with Crippen LogP contribution in [0.3, 0.4) is 0 Å². The summed E-state index contributed by atoms with van der Waals surface area (Å²) in [6.07, 6.45) is 3.59. The largest absolute Gasteiger partial charge is 0.354 e. The highest BCUT2D eigenvalue weighted by molar-refractivity contribution is 5.92. The van der Waals surface area contributed by atoms with Gasteiger partial charge in [0, 0.05) is 13.2 Å². The smallest absolute Gasteiger partial charge is 0.272 e. The Hall–Kier alpha value is -1.49. The molecule has 1 aliphatic heterocycles. The van der Waals surface area contributed by atoms with E-state index < -0.39 is 11.7 Å². The summed E-state index contributed by atoms with van der Waals surface area (Å²) in [5.74, 6) is -0.684. The fourth-order valence-corrected chi connectivity index (χ4v) is 2.12. The van der Waals surface area contributed by atoms with E-state index in [0.717, 1.165) is 31.5 Å². The number of nitrogens with one attached hydrogen (secondary N) is 2. The van der Waals surface area contributed by atoms with E-state index in [0.29, 0.717) is 5.92 Å². The molecule has 2 heterocycles. The average Bonchev–Trinajstić information content (AvgIpc) is 2.39. The van der Waals surface area contributed by atoms with Crippen molar-refractivity contribution >= 4 is 5.91 Å². The molecule has 4 nitrogen and oxygen atoms in total. The molecule has 1 aliphatic rings. The van der Waals surface area contributed by atoms with Gasteiger partial charge in [0.15, 0.2) is 11.5 Å².